The SMILES string of the molecule is C=CC(=O)N1CCN(c2c(C#N)c(=O)n3c4c(c(-c5ccc(F)cc5F)c(Cl)cc24)OCC3CN2CCC2)C[C@@H]1CC#N. The number of halogens is 3. The first kappa shape index (κ1) is 28.7. The van der Waals surface area contributed by atoms with Gasteiger partial charge in [0.15, 0.2) is 5.75 Å². The summed E-state index contributed by atoms with van der Waals surface area (Å²) in [6, 6.07) is 8.03. The smallest absolute Gasteiger partial charge is 0.271 e. The van der Waals surface area contributed by atoms with Crippen molar-refractivity contribution in [3.05, 3.63) is 69.5 Å². The lowest BCUT2D eigenvalue weighted by Gasteiger charge is -2.42. The summed E-state index contributed by atoms with van der Waals surface area (Å²) in [6.07, 6.45) is 2.28. The summed E-state index contributed by atoms with van der Waals surface area (Å²) < 4.78 is 36.8. The van der Waals surface area contributed by atoms with Crippen LogP contribution in [-0.2, 0) is 4.79 Å². The van der Waals surface area contributed by atoms with Crippen LogP contribution >= 0.6 is 11.6 Å². The standard InChI is InChI=1S/C31H27ClF2N6O3/c1-2-26(41)39-11-10-38(16-19(39)6-7-35)28-22-13-24(32)27(21-5-4-18(33)12-25(21)34)30-29(22)40(31(42)23(28)14-36)20(17-43-30)15-37-8-3-9-37/h2,4-5,12-13,19-20H,1,3,6,8-11,15-17H2/t19-,20?/m0/s1. The van der Waals surface area contributed by atoms with E-state index >= 15 is 4.39 Å². The highest BCUT2D eigenvalue weighted by atomic mass is 35.5. The maximum absolute atomic E-state index is 15.1. The molecule has 0 bridgehead atoms. The molecule has 0 saturated carbocycles. The van der Waals surface area contributed by atoms with E-state index in [1.165, 1.54) is 12.1 Å². The van der Waals surface area contributed by atoms with Crippen LogP contribution in [0.25, 0.3) is 22.0 Å². The van der Waals surface area contributed by atoms with E-state index in [9.17, 15) is 24.5 Å². The molecule has 0 aliphatic carbocycles. The van der Waals surface area contributed by atoms with Crippen molar-refractivity contribution in [2.75, 3.05) is 50.8 Å². The number of piperazine rings is 1. The number of carbonyl (C=O) groups excluding carboxylic acids is 1. The van der Waals surface area contributed by atoms with Gasteiger partial charge in [0.2, 0.25) is 5.91 Å². The first-order valence-electron chi connectivity index (χ1n) is 14.0. The van der Waals surface area contributed by atoms with E-state index in [0.717, 1.165) is 31.6 Å². The Balaban J connectivity index is 1.61. The first-order valence-corrected chi connectivity index (χ1v) is 14.4. The molecule has 43 heavy (non-hydrogen) atoms. The number of anilines is 1. The van der Waals surface area contributed by atoms with Crippen molar-refractivity contribution in [3.8, 4) is 29.0 Å². The van der Waals surface area contributed by atoms with Gasteiger partial charge in [0.05, 0.1) is 40.8 Å². The average molecular weight is 605 g/mol. The Morgan fingerprint density at radius 3 is 2.60 bits per heavy atom. The fourth-order valence-electron chi connectivity index (χ4n) is 6.35. The predicted molar refractivity (Wildman–Crippen MR) is 157 cm³/mol. The Labute approximate surface area is 251 Å². The highest BCUT2D eigenvalue weighted by molar-refractivity contribution is 6.35. The molecule has 2 saturated heterocycles. The molecular weight excluding hydrogens is 578 g/mol. The molecular formula is C31H27ClF2N6O3. The van der Waals surface area contributed by atoms with Crippen molar-refractivity contribution >= 4 is 34.1 Å². The Hall–Kier alpha value is -4.45. The molecule has 3 aliphatic heterocycles. The average Bonchev–Trinajstić information content (AvgIpc) is 2.97. The van der Waals surface area contributed by atoms with Gasteiger partial charge in [0, 0.05) is 48.8 Å². The van der Waals surface area contributed by atoms with Gasteiger partial charge in [0.1, 0.15) is 29.9 Å². The number of amides is 1. The van der Waals surface area contributed by atoms with E-state index in [2.05, 4.69) is 23.6 Å². The molecule has 220 valence electrons. The van der Waals surface area contributed by atoms with Crippen LogP contribution in [0.3, 0.4) is 0 Å². The highest BCUT2D eigenvalue weighted by Gasteiger charge is 2.37. The van der Waals surface area contributed by atoms with E-state index in [4.69, 9.17) is 16.3 Å². The molecule has 1 amide bonds. The van der Waals surface area contributed by atoms with Gasteiger partial charge in [-0.2, -0.15) is 10.5 Å². The summed E-state index contributed by atoms with van der Waals surface area (Å²) in [5.74, 6) is -1.73. The molecule has 3 aliphatic rings. The number of ether oxygens (including phenoxy) is 1. The van der Waals surface area contributed by atoms with E-state index in [1.807, 2.05) is 4.90 Å². The molecule has 1 aromatic heterocycles. The second-order valence-electron chi connectivity index (χ2n) is 10.9. The molecule has 3 aromatic rings. The van der Waals surface area contributed by atoms with Crippen LogP contribution in [0.4, 0.5) is 14.5 Å². The van der Waals surface area contributed by atoms with Crippen LogP contribution in [0.5, 0.6) is 5.75 Å². The van der Waals surface area contributed by atoms with Crippen molar-refractivity contribution in [2.24, 2.45) is 0 Å². The third kappa shape index (κ3) is 4.79. The van der Waals surface area contributed by atoms with Crippen molar-refractivity contribution < 1.29 is 18.3 Å². The normalized spacial score (nSPS) is 19.7. The number of nitrogens with zero attached hydrogens (tertiary/aromatic N) is 6. The maximum atomic E-state index is 15.1. The summed E-state index contributed by atoms with van der Waals surface area (Å²) in [4.78, 5) is 32.3. The zero-order valence-corrected chi connectivity index (χ0v) is 23.9. The van der Waals surface area contributed by atoms with E-state index in [1.54, 1.807) is 15.5 Å². The van der Waals surface area contributed by atoms with Crippen LogP contribution in [0.2, 0.25) is 5.02 Å². The van der Waals surface area contributed by atoms with Crippen molar-refractivity contribution in [1.82, 2.24) is 14.4 Å². The Morgan fingerprint density at radius 2 is 1.95 bits per heavy atom. The number of rotatable bonds is 6. The number of likely N-dealkylation sites (tertiary alicyclic amines) is 1. The van der Waals surface area contributed by atoms with Crippen LogP contribution in [0, 0.1) is 34.3 Å². The second kappa shape index (κ2) is 11.3. The lowest BCUT2D eigenvalue weighted by molar-refractivity contribution is -0.128. The largest absolute Gasteiger partial charge is 0.488 e. The summed E-state index contributed by atoms with van der Waals surface area (Å²) in [5.41, 5.74) is 0.260. The molecule has 12 heteroatoms. The van der Waals surface area contributed by atoms with Gasteiger partial charge in [-0.05, 0) is 43.8 Å². The molecule has 4 heterocycles. The second-order valence-corrected chi connectivity index (χ2v) is 11.3. The van der Waals surface area contributed by atoms with Gasteiger partial charge in [-0.3, -0.25) is 14.2 Å². The molecule has 9 nitrogen and oxygen atoms in total. The van der Waals surface area contributed by atoms with Crippen molar-refractivity contribution in [2.45, 2.75) is 24.9 Å². The molecule has 2 atom stereocenters. The Kier molecular flexibility index (Phi) is 7.55. The van der Waals surface area contributed by atoms with Gasteiger partial charge in [-0.25, -0.2) is 8.78 Å². The predicted octanol–water partition coefficient (Wildman–Crippen LogP) is 4.23. The minimum absolute atomic E-state index is 0.0139. The number of hydrogen-bond donors (Lipinski definition) is 0. The minimum atomic E-state index is -0.839. The summed E-state index contributed by atoms with van der Waals surface area (Å²) >= 11 is 6.83. The monoisotopic (exact) mass is 604 g/mol. The number of aromatic nitrogens is 1. The number of pyridine rings is 1. The molecule has 2 aromatic carbocycles. The molecule has 0 N–H and O–H groups in total. The zero-order chi connectivity index (χ0) is 30.4. The van der Waals surface area contributed by atoms with Gasteiger partial charge in [-0.1, -0.05) is 18.2 Å². The van der Waals surface area contributed by atoms with Gasteiger partial charge in [-0.15, -0.1) is 0 Å². The lowest BCUT2D eigenvalue weighted by Crippen LogP contribution is -2.55. The topological polar surface area (TPSA) is 106 Å². The fraction of sp³-hybridized carbons (Fsp3) is 0.355. The minimum Gasteiger partial charge on any atom is -0.488 e. The van der Waals surface area contributed by atoms with Crippen LogP contribution in [-0.4, -0.2) is 72.2 Å². The van der Waals surface area contributed by atoms with Gasteiger partial charge in [0.25, 0.3) is 5.56 Å². The first-order chi connectivity index (χ1) is 20.8. The highest BCUT2D eigenvalue weighted by Crippen LogP contribution is 2.48. The molecule has 0 radical (unpaired) electrons. The maximum Gasteiger partial charge on any atom is 0.271 e. The fourth-order valence-corrected chi connectivity index (χ4v) is 6.65. The molecule has 1 unspecified atom stereocenters. The lowest BCUT2D eigenvalue weighted by atomic mass is 9.96. The number of carbonyl (C=O) groups is 1. The number of benzene rings is 2. The van der Waals surface area contributed by atoms with E-state index < -0.39 is 29.3 Å². The third-order valence-corrected chi connectivity index (χ3v) is 8.77. The van der Waals surface area contributed by atoms with E-state index in [0.29, 0.717) is 23.1 Å². The van der Waals surface area contributed by atoms with Crippen molar-refractivity contribution in [1.29, 1.82) is 10.5 Å². The van der Waals surface area contributed by atoms with Crippen LogP contribution in [0.1, 0.15) is 24.4 Å². The van der Waals surface area contributed by atoms with Crippen LogP contribution in [0.15, 0.2) is 41.7 Å². The number of hydrogen-bond acceptors (Lipinski definition) is 7. The Bertz CT molecular complexity index is 1810. The van der Waals surface area contributed by atoms with Gasteiger partial charge >= 0.3 is 0 Å². The van der Waals surface area contributed by atoms with E-state index in [-0.39, 0.29) is 66.0 Å². The van der Waals surface area contributed by atoms with Crippen LogP contribution < -0.4 is 15.2 Å². The summed E-state index contributed by atoms with van der Waals surface area (Å²) in [5, 5.41) is 20.4. The quantitative estimate of drug-likeness (QED) is 0.388. The van der Waals surface area contributed by atoms with Crippen molar-refractivity contribution in [3.63, 3.8) is 0 Å². The zero-order valence-electron chi connectivity index (χ0n) is 23.2. The number of nitriles is 2. The van der Waals surface area contributed by atoms with Gasteiger partial charge < -0.3 is 19.4 Å². The summed E-state index contributed by atoms with van der Waals surface area (Å²) in [7, 11) is 0. The molecule has 0 spiro atoms. The Morgan fingerprint density at radius 1 is 1.16 bits per heavy atom. The molecule has 6 rings (SSSR count). The molecule has 2 fully saturated rings. The summed E-state index contributed by atoms with van der Waals surface area (Å²) in [6.45, 7) is 6.62. The third-order valence-electron chi connectivity index (χ3n) is 8.47.